The van der Waals surface area contributed by atoms with Gasteiger partial charge >= 0.3 is 5.97 Å². The summed E-state index contributed by atoms with van der Waals surface area (Å²) in [6.07, 6.45) is 5.89. The van der Waals surface area contributed by atoms with Crippen LogP contribution in [0.5, 0.6) is 0 Å². The van der Waals surface area contributed by atoms with Crippen molar-refractivity contribution < 1.29 is 86.2 Å². The van der Waals surface area contributed by atoms with Crippen LogP contribution in [0.2, 0.25) is 0 Å². The first-order valence-electron chi connectivity index (χ1n) is 36.4. The molecule has 16 amide bonds. The maximum absolute atomic E-state index is 13.6. The smallest absolute Gasteiger partial charge is 0.331 e. The van der Waals surface area contributed by atoms with Gasteiger partial charge < -0.3 is 89.8 Å². The van der Waals surface area contributed by atoms with Crippen LogP contribution < -0.4 is 85.1 Å². The highest BCUT2D eigenvalue weighted by Crippen LogP contribution is 2.60. The average molecular weight is 1520 g/mol. The van der Waals surface area contributed by atoms with Gasteiger partial charge in [-0.05, 0) is 228 Å². The summed E-state index contributed by atoms with van der Waals surface area (Å²) in [6.45, 7) is 32.5. The number of rotatable bonds is 35. The normalized spacial score (nSPS) is 19.4. The molecule has 4 fully saturated rings. The van der Waals surface area contributed by atoms with Gasteiger partial charge in [0, 0.05) is 5.41 Å². The zero-order valence-corrected chi connectivity index (χ0v) is 67.0. The van der Waals surface area contributed by atoms with Crippen LogP contribution in [0.15, 0.2) is 30.3 Å². The van der Waals surface area contributed by atoms with E-state index in [1.54, 1.807) is 31.2 Å². The van der Waals surface area contributed by atoms with Gasteiger partial charge in [0.25, 0.3) is 0 Å². The van der Waals surface area contributed by atoms with E-state index in [4.69, 9.17) is 4.74 Å². The van der Waals surface area contributed by atoms with Crippen molar-refractivity contribution in [3.63, 3.8) is 0 Å². The van der Waals surface area contributed by atoms with E-state index in [2.05, 4.69) is 85.1 Å². The molecule has 0 heterocycles. The van der Waals surface area contributed by atoms with Crippen LogP contribution >= 0.6 is 0 Å². The van der Waals surface area contributed by atoms with Crippen molar-refractivity contribution in [3.05, 3.63) is 35.9 Å². The molecular formula is C74H118N16O18. The molecule has 0 unspecified atom stereocenters. The summed E-state index contributed by atoms with van der Waals surface area (Å²) >= 11 is 0. The molecule has 108 heavy (non-hydrogen) atoms. The van der Waals surface area contributed by atoms with Crippen molar-refractivity contribution in [3.8, 4) is 0 Å². The molecule has 1 aromatic rings. The molecule has 0 aromatic heterocycles. The average Bonchev–Trinajstić information content (AvgIpc) is 0.739. The van der Waals surface area contributed by atoms with E-state index in [1.165, 1.54) is 159 Å². The van der Waals surface area contributed by atoms with Crippen LogP contribution in [0.1, 0.15) is 210 Å². The summed E-state index contributed by atoms with van der Waals surface area (Å²) in [6, 6.07) is -1.03. The Morgan fingerprint density at radius 1 is 0.306 bits per heavy atom. The largest absolute Gasteiger partial charge is 0.459 e. The van der Waals surface area contributed by atoms with Crippen LogP contribution in [0.25, 0.3) is 0 Å². The van der Waals surface area contributed by atoms with Gasteiger partial charge in [0.2, 0.25) is 94.5 Å². The molecule has 8 atom stereocenters. The predicted molar refractivity (Wildman–Crippen MR) is 395 cm³/mol. The maximum atomic E-state index is 13.6. The highest BCUT2D eigenvalue weighted by Gasteiger charge is 2.55. The third-order valence-corrected chi connectivity index (χ3v) is 19.6. The Balaban J connectivity index is 1.18. The molecule has 4 bridgehead atoms. The molecular weight excluding hydrogens is 1400 g/mol. The molecule has 4 saturated carbocycles. The number of esters is 1. The first kappa shape index (κ1) is 90.6. The van der Waals surface area contributed by atoms with E-state index >= 15 is 0 Å². The van der Waals surface area contributed by atoms with Gasteiger partial charge in [-0.15, -0.1) is 0 Å². The van der Waals surface area contributed by atoms with Crippen molar-refractivity contribution in [2.75, 3.05) is 0 Å². The minimum atomic E-state index is -1.74. The highest BCUT2D eigenvalue weighted by atomic mass is 16.5. The fourth-order valence-electron chi connectivity index (χ4n) is 12.6. The monoisotopic (exact) mass is 1520 g/mol. The predicted octanol–water partition coefficient (Wildman–Crippen LogP) is -0.858. The summed E-state index contributed by atoms with van der Waals surface area (Å²) < 4.78 is 5.36. The van der Waals surface area contributed by atoms with Crippen molar-refractivity contribution in [2.45, 2.75) is 304 Å². The molecule has 4 aliphatic carbocycles. The Labute approximate surface area is 632 Å². The van der Waals surface area contributed by atoms with Crippen LogP contribution in [0.3, 0.4) is 0 Å². The Bertz CT molecular complexity index is 3600. The van der Waals surface area contributed by atoms with Gasteiger partial charge in [-0.25, -0.2) is 4.79 Å². The number of hydrogen-bond acceptors (Lipinski definition) is 18. The minimum absolute atomic E-state index is 0.0280. The lowest BCUT2D eigenvalue weighted by molar-refractivity contribution is -0.153. The zero-order chi connectivity index (χ0) is 82.7. The van der Waals surface area contributed by atoms with Crippen LogP contribution in [0.4, 0.5) is 0 Å². The summed E-state index contributed by atoms with van der Waals surface area (Å²) in [5.74, 6) is -11.4. The van der Waals surface area contributed by atoms with Crippen LogP contribution in [-0.4, -0.2) is 193 Å². The molecule has 16 N–H and O–H groups in total. The topological polar surface area (TPSA) is 492 Å². The first-order chi connectivity index (χ1) is 49.2. The van der Waals surface area contributed by atoms with E-state index in [9.17, 15) is 81.5 Å². The van der Waals surface area contributed by atoms with Gasteiger partial charge in [-0.1, -0.05) is 30.3 Å². The van der Waals surface area contributed by atoms with E-state index in [0.29, 0.717) is 17.8 Å². The number of ether oxygens (including phenoxy) is 1. The standard InChI is InChI=1S/C74H118N16O18/c1-37(50(92)84-67(11,12)59(101)77-39(3)52(94)86-69(15,16)61(103)79-41(5)54(96)88-71(19,20)63(105)81-43(7)56(98)90-73(23,24)65(107)108-36-45-28-26-25-27-29-45)75-57(99)66(9,10)83-49(91)38(2)76-58(100)68(13,14)85-51(93)40(4)78-60(102)70(17,18)87-53(95)42(6)80-62(104)72(21,22)89-55(97)44(8)82-64(106)74-33-46-30-47(34-74)32-48(31-46)35-74/h25-29,37-44,46-48H,30-36H2,1-24H3,(H,75,99)(H,76,100)(H,77,101)(H,78,102)(H,79,103)(H,80,104)(H,81,105)(H,82,106)(H,83,91)(H,84,92)(H,85,93)(H,86,94)(H,87,95)(H,88,96)(H,89,97)(H,90,98)/t37-,38-,39-,40-,41-,42-,43-,44-,46?,47?,48?,74?/m0/s1. The van der Waals surface area contributed by atoms with Crippen LogP contribution in [-0.2, 0) is 92.9 Å². The number of hydrogen-bond donors (Lipinski definition) is 16. The second-order valence-corrected chi connectivity index (χ2v) is 33.7. The number of amides is 16. The number of carbonyl (C=O) groups excluding carboxylic acids is 17. The first-order valence-corrected chi connectivity index (χ1v) is 36.4. The van der Waals surface area contributed by atoms with Crippen molar-refractivity contribution >= 4 is 100 Å². The van der Waals surface area contributed by atoms with Crippen molar-refractivity contribution in [1.29, 1.82) is 0 Å². The van der Waals surface area contributed by atoms with Crippen molar-refractivity contribution in [1.82, 2.24) is 85.1 Å². The van der Waals surface area contributed by atoms with Gasteiger partial charge in [0.1, 0.15) is 99.3 Å². The molecule has 4 aliphatic rings. The third-order valence-electron chi connectivity index (χ3n) is 19.6. The quantitative estimate of drug-likeness (QED) is 0.0368. The Hall–Kier alpha value is -9.79. The highest BCUT2D eigenvalue weighted by molar-refractivity contribution is 6.03. The summed E-state index contributed by atoms with van der Waals surface area (Å²) in [4.78, 5) is 228. The number of benzene rings is 1. The van der Waals surface area contributed by atoms with Gasteiger partial charge in [-0.2, -0.15) is 0 Å². The second-order valence-electron chi connectivity index (χ2n) is 33.7. The lowest BCUT2D eigenvalue weighted by Crippen LogP contribution is -2.65. The second kappa shape index (κ2) is 35.1. The van der Waals surface area contributed by atoms with Gasteiger partial charge in [0.05, 0.1) is 0 Å². The van der Waals surface area contributed by atoms with E-state index in [1.807, 2.05) is 6.07 Å². The molecule has 5 rings (SSSR count). The molecule has 0 saturated heterocycles. The number of nitrogens with one attached hydrogen (secondary N) is 16. The van der Waals surface area contributed by atoms with Gasteiger partial charge in [0.15, 0.2) is 0 Å². The lowest BCUT2D eigenvalue weighted by Gasteiger charge is -2.55. The van der Waals surface area contributed by atoms with Crippen molar-refractivity contribution in [2.24, 2.45) is 23.2 Å². The molecule has 34 nitrogen and oxygen atoms in total. The fourth-order valence-corrected chi connectivity index (χ4v) is 12.6. The molecule has 34 heteroatoms. The molecule has 1 aromatic carbocycles. The van der Waals surface area contributed by atoms with E-state index < -0.39 is 193 Å². The SMILES string of the molecule is C[C@H](NC(=O)C12CC3CC(CC(C3)C1)C2)C(=O)NC(C)(C)C(=O)N[C@@H](C)C(=O)NC(C)(C)C(=O)N[C@@H](C)C(=O)NC(C)(C)C(=O)N[C@@H](C)C(=O)NC(C)(C)C(=O)N[C@@H](C)C(=O)NC(C)(C)C(=O)N[C@@H](C)C(=O)NC(C)(C)C(=O)N[C@@H](C)C(=O)NC(C)(C)C(=O)N[C@@H](C)C(=O)NC(C)(C)C(=O)OCc1ccccc1. The maximum Gasteiger partial charge on any atom is 0.331 e. The summed E-state index contributed by atoms with van der Waals surface area (Å²) in [5.41, 5.74) is -13.0. The lowest BCUT2D eigenvalue weighted by atomic mass is 9.49. The molecule has 0 radical (unpaired) electrons. The molecule has 0 aliphatic heterocycles. The number of carbonyl (C=O) groups is 17. The van der Waals surface area contributed by atoms with Crippen LogP contribution in [0, 0.1) is 23.2 Å². The fraction of sp³-hybridized carbons (Fsp3) is 0.689. The zero-order valence-electron chi connectivity index (χ0n) is 67.0. The minimum Gasteiger partial charge on any atom is -0.459 e. The molecule has 0 spiro atoms. The summed E-state index contributed by atoms with van der Waals surface area (Å²) in [7, 11) is 0. The Kier molecular flexibility index (Phi) is 29.4. The van der Waals surface area contributed by atoms with Gasteiger partial charge in [-0.3, -0.25) is 76.7 Å². The van der Waals surface area contributed by atoms with E-state index in [0.717, 1.165) is 44.1 Å². The summed E-state index contributed by atoms with van der Waals surface area (Å²) in [5, 5.41) is 40.6. The van der Waals surface area contributed by atoms with E-state index in [-0.39, 0.29) is 12.5 Å². The Morgan fingerprint density at radius 2 is 0.491 bits per heavy atom. The Morgan fingerprint density at radius 3 is 0.694 bits per heavy atom. The molecule has 602 valence electrons. The third kappa shape index (κ3) is 24.6.